The van der Waals surface area contributed by atoms with E-state index in [1.807, 2.05) is 13.8 Å². The van der Waals surface area contributed by atoms with Crippen molar-refractivity contribution in [3.63, 3.8) is 0 Å². The van der Waals surface area contributed by atoms with Crippen molar-refractivity contribution in [2.75, 3.05) is 40.3 Å². The molecule has 2 heterocycles. The van der Waals surface area contributed by atoms with Crippen LogP contribution in [-0.2, 0) is 0 Å². The molecule has 2 aliphatic rings. The van der Waals surface area contributed by atoms with Gasteiger partial charge in [0.05, 0.1) is 0 Å². The molecule has 0 aromatic heterocycles. The minimum Gasteiger partial charge on any atom is -0.306 e. The molecule has 0 amide bonds. The first-order valence-electron chi connectivity index (χ1n) is 9.40. The van der Waals surface area contributed by atoms with Gasteiger partial charge in [-0.15, -0.1) is 0 Å². The molecule has 0 aromatic rings. The summed E-state index contributed by atoms with van der Waals surface area (Å²) in [7, 11) is 4.44. The Hall–Kier alpha value is -0.0800. The Morgan fingerprint density at radius 1 is 0.905 bits per heavy atom. The second kappa shape index (κ2) is 12.5. The normalized spacial score (nSPS) is 24.9. The van der Waals surface area contributed by atoms with E-state index in [9.17, 15) is 0 Å². The number of piperidine rings is 2. The number of nitrogens with zero attached hydrogens (tertiary/aromatic N) is 2. The SMILES string of the molecule is CC.CC(C)C1CCN(C)CC1.CCC1CCCN(C)C1. The molecule has 0 aliphatic carbocycles. The first-order valence-corrected chi connectivity index (χ1v) is 9.40. The van der Waals surface area contributed by atoms with E-state index in [1.165, 1.54) is 58.3 Å². The summed E-state index contributed by atoms with van der Waals surface area (Å²) in [5.74, 6) is 2.88. The quantitative estimate of drug-likeness (QED) is 0.726. The first kappa shape index (κ1) is 20.9. The second-order valence-electron chi connectivity index (χ2n) is 7.06. The highest BCUT2D eigenvalue weighted by Gasteiger charge is 2.18. The summed E-state index contributed by atoms with van der Waals surface area (Å²) >= 11 is 0. The van der Waals surface area contributed by atoms with E-state index < -0.39 is 0 Å². The van der Waals surface area contributed by atoms with Crippen molar-refractivity contribution in [1.29, 1.82) is 0 Å². The van der Waals surface area contributed by atoms with Gasteiger partial charge in [-0.2, -0.15) is 0 Å². The molecule has 2 aliphatic heterocycles. The van der Waals surface area contributed by atoms with Gasteiger partial charge in [-0.25, -0.2) is 0 Å². The number of hydrogen-bond donors (Lipinski definition) is 0. The Kier molecular flexibility index (Phi) is 12.4. The second-order valence-corrected chi connectivity index (χ2v) is 7.06. The Morgan fingerprint density at radius 2 is 1.48 bits per heavy atom. The largest absolute Gasteiger partial charge is 0.306 e. The Bertz CT molecular complexity index is 220. The topological polar surface area (TPSA) is 6.48 Å². The zero-order valence-corrected chi connectivity index (χ0v) is 16.0. The van der Waals surface area contributed by atoms with Gasteiger partial charge in [-0.1, -0.05) is 41.0 Å². The van der Waals surface area contributed by atoms with Crippen LogP contribution in [0.25, 0.3) is 0 Å². The monoisotopic (exact) mass is 298 g/mol. The summed E-state index contributed by atoms with van der Waals surface area (Å²) in [4.78, 5) is 4.87. The van der Waals surface area contributed by atoms with E-state index >= 15 is 0 Å². The maximum Gasteiger partial charge on any atom is 0.000651 e. The third-order valence-electron chi connectivity index (χ3n) is 5.01. The smallest absolute Gasteiger partial charge is 0.000651 e. The fraction of sp³-hybridized carbons (Fsp3) is 1.00. The number of hydrogen-bond acceptors (Lipinski definition) is 2. The standard InChI is InChI=1S/C9H19N.C8H17N.C2H6/c1-8(2)9-4-6-10(3)7-5-9;1-3-8-5-4-6-9(2)7-8;1-2/h8-9H,4-7H2,1-3H3;8H,3-7H2,1-2H3;1-2H3. The number of rotatable bonds is 2. The Morgan fingerprint density at radius 3 is 1.86 bits per heavy atom. The molecular formula is C19H42N2. The van der Waals surface area contributed by atoms with E-state index in [1.54, 1.807) is 0 Å². The van der Waals surface area contributed by atoms with Crippen LogP contribution in [0.3, 0.4) is 0 Å². The van der Waals surface area contributed by atoms with Gasteiger partial charge in [0.15, 0.2) is 0 Å². The van der Waals surface area contributed by atoms with Crippen LogP contribution in [0.15, 0.2) is 0 Å². The van der Waals surface area contributed by atoms with Crippen LogP contribution in [0.1, 0.15) is 66.7 Å². The lowest BCUT2D eigenvalue weighted by atomic mass is 9.87. The first-order chi connectivity index (χ1) is 10.0. The molecule has 0 bridgehead atoms. The fourth-order valence-electron chi connectivity index (χ4n) is 3.30. The maximum atomic E-state index is 2.44. The van der Waals surface area contributed by atoms with Crippen molar-refractivity contribution in [2.24, 2.45) is 17.8 Å². The van der Waals surface area contributed by atoms with Gasteiger partial charge in [0.25, 0.3) is 0 Å². The van der Waals surface area contributed by atoms with Gasteiger partial charge >= 0.3 is 0 Å². The zero-order chi connectivity index (χ0) is 16.3. The average Bonchev–Trinajstić information content (AvgIpc) is 2.50. The van der Waals surface area contributed by atoms with Crippen molar-refractivity contribution in [1.82, 2.24) is 9.80 Å². The van der Waals surface area contributed by atoms with Gasteiger partial charge < -0.3 is 9.80 Å². The lowest BCUT2D eigenvalue weighted by molar-refractivity contribution is 0.185. The van der Waals surface area contributed by atoms with Crippen LogP contribution in [0, 0.1) is 17.8 Å². The van der Waals surface area contributed by atoms with Crippen LogP contribution in [0.2, 0.25) is 0 Å². The fourth-order valence-corrected chi connectivity index (χ4v) is 3.30. The van der Waals surface area contributed by atoms with Crippen LogP contribution in [0.5, 0.6) is 0 Å². The Labute approximate surface area is 135 Å². The van der Waals surface area contributed by atoms with Crippen LogP contribution in [-0.4, -0.2) is 50.1 Å². The molecule has 0 spiro atoms. The molecule has 2 rings (SSSR count). The highest BCUT2D eigenvalue weighted by molar-refractivity contribution is 4.71. The van der Waals surface area contributed by atoms with Gasteiger partial charge in [0.1, 0.15) is 0 Å². The molecule has 0 N–H and O–H groups in total. The van der Waals surface area contributed by atoms with Gasteiger partial charge in [-0.3, -0.25) is 0 Å². The maximum absolute atomic E-state index is 2.44. The molecule has 0 radical (unpaired) electrons. The lowest BCUT2D eigenvalue weighted by Gasteiger charge is -2.31. The lowest BCUT2D eigenvalue weighted by Crippen LogP contribution is -2.32. The van der Waals surface area contributed by atoms with E-state index in [0.29, 0.717) is 0 Å². The van der Waals surface area contributed by atoms with E-state index in [0.717, 1.165) is 17.8 Å². The molecule has 2 fully saturated rings. The molecular weight excluding hydrogens is 256 g/mol. The molecule has 0 saturated carbocycles. The van der Waals surface area contributed by atoms with Crippen molar-refractivity contribution in [2.45, 2.75) is 66.7 Å². The van der Waals surface area contributed by atoms with Gasteiger partial charge in [0.2, 0.25) is 0 Å². The van der Waals surface area contributed by atoms with Crippen molar-refractivity contribution < 1.29 is 0 Å². The highest BCUT2D eigenvalue weighted by atomic mass is 15.1. The molecule has 2 saturated heterocycles. The summed E-state index contributed by atoms with van der Waals surface area (Å²) < 4.78 is 0. The third-order valence-corrected chi connectivity index (χ3v) is 5.01. The van der Waals surface area contributed by atoms with Crippen molar-refractivity contribution in [3.8, 4) is 0 Å². The van der Waals surface area contributed by atoms with Crippen LogP contribution >= 0.6 is 0 Å². The zero-order valence-electron chi connectivity index (χ0n) is 16.0. The summed E-state index contributed by atoms with van der Waals surface area (Å²) in [6.07, 6.45) is 7.06. The summed E-state index contributed by atoms with van der Waals surface area (Å²) in [6.45, 7) is 16.2. The van der Waals surface area contributed by atoms with E-state index in [-0.39, 0.29) is 0 Å². The predicted octanol–water partition coefficient (Wildman–Crippen LogP) is 4.75. The average molecular weight is 299 g/mol. The van der Waals surface area contributed by atoms with E-state index in [4.69, 9.17) is 0 Å². The summed E-state index contributed by atoms with van der Waals surface area (Å²) in [5, 5.41) is 0. The van der Waals surface area contributed by atoms with Crippen molar-refractivity contribution >= 4 is 0 Å². The minimum atomic E-state index is 0.897. The highest BCUT2D eigenvalue weighted by Crippen LogP contribution is 2.23. The summed E-state index contributed by atoms with van der Waals surface area (Å²) in [5.41, 5.74) is 0. The molecule has 2 nitrogen and oxygen atoms in total. The Balaban J connectivity index is 0.000000342. The summed E-state index contributed by atoms with van der Waals surface area (Å²) in [6, 6.07) is 0. The molecule has 1 atom stereocenters. The van der Waals surface area contributed by atoms with E-state index in [2.05, 4.69) is 44.7 Å². The molecule has 128 valence electrons. The minimum absolute atomic E-state index is 0.897. The van der Waals surface area contributed by atoms with Crippen LogP contribution in [0.4, 0.5) is 0 Å². The van der Waals surface area contributed by atoms with Gasteiger partial charge in [-0.05, 0) is 77.2 Å². The van der Waals surface area contributed by atoms with Crippen LogP contribution < -0.4 is 0 Å². The molecule has 21 heavy (non-hydrogen) atoms. The molecule has 2 heteroatoms. The molecule has 0 aromatic carbocycles. The third kappa shape index (κ3) is 9.52. The van der Waals surface area contributed by atoms with Gasteiger partial charge in [0, 0.05) is 6.54 Å². The predicted molar refractivity (Wildman–Crippen MR) is 96.9 cm³/mol. The number of likely N-dealkylation sites (tertiary alicyclic amines) is 2. The molecule has 1 unspecified atom stereocenters. The van der Waals surface area contributed by atoms with Crippen molar-refractivity contribution in [3.05, 3.63) is 0 Å².